The van der Waals surface area contributed by atoms with Crippen molar-refractivity contribution in [3.63, 3.8) is 0 Å². The van der Waals surface area contributed by atoms with E-state index >= 15 is 0 Å². The first-order chi connectivity index (χ1) is 10.6. The van der Waals surface area contributed by atoms with Crippen LogP contribution in [0, 0.1) is 11.8 Å². The Bertz CT molecular complexity index is 519. The van der Waals surface area contributed by atoms with Crippen molar-refractivity contribution in [3.8, 4) is 5.75 Å². The maximum absolute atomic E-state index is 12.6. The molecule has 1 aliphatic carbocycles. The van der Waals surface area contributed by atoms with E-state index in [2.05, 4.69) is 4.74 Å². The number of hydrogen-bond donors (Lipinski definition) is 0. The molecule has 1 saturated carbocycles. The number of alkyl halides is 2. The first-order valence-electron chi connectivity index (χ1n) is 7.54. The number of hydrogen-bond acceptors (Lipinski definition) is 4. The molecule has 7 heteroatoms. The molecule has 0 N–H and O–H groups in total. The van der Waals surface area contributed by atoms with Gasteiger partial charge in [-0.3, -0.25) is 4.79 Å². The number of rotatable bonds is 4. The van der Waals surface area contributed by atoms with Crippen molar-refractivity contribution in [2.75, 3.05) is 26.3 Å². The van der Waals surface area contributed by atoms with E-state index in [0.717, 1.165) is 11.3 Å². The average Bonchev–Trinajstić information content (AvgIpc) is 2.72. The van der Waals surface area contributed by atoms with E-state index in [9.17, 15) is 13.6 Å². The van der Waals surface area contributed by atoms with Crippen molar-refractivity contribution in [2.24, 2.45) is 11.8 Å². The summed E-state index contributed by atoms with van der Waals surface area (Å²) in [7, 11) is 0. The Hall–Kier alpha value is -1.21. The van der Waals surface area contributed by atoms with Crippen LogP contribution in [0.4, 0.5) is 8.78 Å². The Labute approximate surface area is 132 Å². The molecule has 122 valence electrons. The fourth-order valence-electron chi connectivity index (χ4n) is 3.00. The Kier molecular flexibility index (Phi) is 4.93. The molecule has 22 heavy (non-hydrogen) atoms. The van der Waals surface area contributed by atoms with Gasteiger partial charge in [0.05, 0.1) is 13.2 Å². The molecule has 0 radical (unpaired) electrons. The highest BCUT2D eigenvalue weighted by atomic mass is 32.1. The highest BCUT2D eigenvalue weighted by molar-refractivity contribution is 7.12. The molecule has 1 atom stereocenters. The van der Waals surface area contributed by atoms with Crippen molar-refractivity contribution in [1.29, 1.82) is 0 Å². The molecule has 1 unspecified atom stereocenters. The number of ether oxygens (including phenoxy) is 2. The normalized spacial score (nSPS) is 23.2. The molecule has 1 aliphatic heterocycles. The van der Waals surface area contributed by atoms with Gasteiger partial charge < -0.3 is 14.4 Å². The van der Waals surface area contributed by atoms with E-state index in [1.807, 2.05) is 0 Å². The molecular formula is C15H19F2NO3S. The van der Waals surface area contributed by atoms with E-state index in [-0.39, 0.29) is 16.5 Å². The van der Waals surface area contributed by atoms with Crippen molar-refractivity contribution in [2.45, 2.75) is 25.9 Å². The van der Waals surface area contributed by atoms with Crippen LogP contribution >= 0.6 is 11.3 Å². The Morgan fingerprint density at radius 2 is 2.23 bits per heavy atom. The third-order valence-electron chi connectivity index (χ3n) is 4.44. The first kappa shape index (κ1) is 15.7. The van der Waals surface area contributed by atoms with Crippen LogP contribution in [0.2, 0.25) is 0 Å². The molecule has 4 nitrogen and oxygen atoms in total. The van der Waals surface area contributed by atoms with Crippen molar-refractivity contribution in [1.82, 2.24) is 4.90 Å². The minimum Gasteiger partial charge on any atom is -0.433 e. The van der Waals surface area contributed by atoms with Gasteiger partial charge in [0.1, 0.15) is 10.6 Å². The van der Waals surface area contributed by atoms with Crippen LogP contribution < -0.4 is 4.74 Å². The van der Waals surface area contributed by atoms with Gasteiger partial charge in [0.25, 0.3) is 5.91 Å². The van der Waals surface area contributed by atoms with Crippen molar-refractivity contribution in [3.05, 3.63) is 16.3 Å². The van der Waals surface area contributed by atoms with Gasteiger partial charge in [-0.25, -0.2) is 0 Å². The predicted octanol–water partition coefficient (Wildman–Crippen LogP) is 3.24. The number of thiophene rings is 1. The maximum atomic E-state index is 12.6. The molecule has 1 saturated heterocycles. The molecule has 1 aromatic rings. The van der Waals surface area contributed by atoms with E-state index in [4.69, 9.17) is 4.74 Å². The minimum absolute atomic E-state index is 0.0321. The predicted molar refractivity (Wildman–Crippen MR) is 78.5 cm³/mol. The highest BCUT2D eigenvalue weighted by Crippen LogP contribution is 2.35. The third-order valence-corrected chi connectivity index (χ3v) is 5.32. The molecule has 3 rings (SSSR count). The second-order valence-electron chi connectivity index (χ2n) is 5.77. The smallest absolute Gasteiger partial charge is 0.387 e. The van der Waals surface area contributed by atoms with E-state index < -0.39 is 6.61 Å². The number of nitrogens with zero attached hydrogens (tertiary/aromatic N) is 1. The molecule has 1 aromatic heterocycles. The number of halogens is 2. The molecule has 1 amide bonds. The van der Waals surface area contributed by atoms with Gasteiger partial charge in [-0.05, 0) is 17.4 Å². The zero-order valence-electron chi connectivity index (χ0n) is 12.2. The van der Waals surface area contributed by atoms with Gasteiger partial charge in [0.2, 0.25) is 0 Å². The zero-order valence-corrected chi connectivity index (χ0v) is 13.0. The van der Waals surface area contributed by atoms with Crippen LogP contribution in [0.3, 0.4) is 0 Å². The van der Waals surface area contributed by atoms with Crippen LogP contribution in [-0.2, 0) is 4.74 Å². The average molecular weight is 331 g/mol. The summed E-state index contributed by atoms with van der Waals surface area (Å²) in [5.41, 5.74) is 0. The van der Waals surface area contributed by atoms with Gasteiger partial charge in [-0.2, -0.15) is 8.78 Å². The Morgan fingerprint density at radius 3 is 2.91 bits per heavy atom. The number of carbonyl (C=O) groups excluding carboxylic acids is 1. The summed E-state index contributed by atoms with van der Waals surface area (Å²) in [4.78, 5) is 14.6. The lowest BCUT2D eigenvalue weighted by Crippen LogP contribution is -2.39. The largest absolute Gasteiger partial charge is 0.433 e. The molecule has 2 heterocycles. The second kappa shape index (κ2) is 6.91. The zero-order chi connectivity index (χ0) is 15.5. The SMILES string of the molecule is O=C(c1sccc1OC(F)F)N1CCOCC(C2CCC2)C1. The van der Waals surface area contributed by atoms with E-state index in [0.29, 0.717) is 38.1 Å². The molecule has 0 spiro atoms. The second-order valence-corrected chi connectivity index (χ2v) is 6.69. The minimum atomic E-state index is -2.92. The Balaban J connectivity index is 1.71. The monoisotopic (exact) mass is 331 g/mol. The lowest BCUT2D eigenvalue weighted by molar-refractivity contribution is -0.0499. The lowest BCUT2D eigenvalue weighted by Gasteiger charge is -2.34. The molecule has 2 aliphatic rings. The highest BCUT2D eigenvalue weighted by Gasteiger charge is 2.33. The van der Waals surface area contributed by atoms with Crippen molar-refractivity contribution < 1.29 is 23.0 Å². The van der Waals surface area contributed by atoms with Gasteiger partial charge in [-0.15, -0.1) is 11.3 Å². The molecule has 0 bridgehead atoms. The quantitative estimate of drug-likeness (QED) is 0.850. The fraction of sp³-hybridized carbons (Fsp3) is 0.667. The summed E-state index contributed by atoms with van der Waals surface area (Å²) in [5.74, 6) is 0.698. The molecular weight excluding hydrogens is 312 g/mol. The van der Waals surface area contributed by atoms with Crippen LogP contribution in [0.1, 0.15) is 28.9 Å². The summed E-state index contributed by atoms with van der Waals surface area (Å²) >= 11 is 1.14. The van der Waals surface area contributed by atoms with Gasteiger partial charge in [-0.1, -0.05) is 19.3 Å². The molecule has 2 fully saturated rings. The van der Waals surface area contributed by atoms with E-state index in [1.54, 1.807) is 10.3 Å². The number of carbonyl (C=O) groups is 1. The third kappa shape index (κ3) is 3.41. The lowest BCUT2D eigenvalue weighted by atomic mass is 9.76. The fourth-order valence-corrected chi connectivity index (χ4v) is 3.79. The maximum Gasteiger partial charge on any atom is 0.387 e. The van der Waals surface area contributed by atoms with E-state index in [1.165, 1.54) is 25.3 Å². The summed E-state index contributed by atoms with van der Waals surface area (Å²) in [6.07, 6.45) is 3.62. The summed E-state index contributed by atoms with van der Waals surface area (Å²) in [6.45, 7) is -0.620. The van der Waals surface area contributed by atoms with Crippen LogP contribution in [0.15, 0.2) is 11.4 Å². The van der Waals surface area contributed by atoms with Gasteiger partial charge >= 0.3 is 6.61 Å². The van der Waals surface area contributed by atoms with Crippen LogP contribution in [0.5, 0.6) is 5.75 Å². The van der Waals surface area contributed by atoms with Crippen LogP contribution in [0.25, 0.3) is 0 Å². The van der Waals surface area contributed by atoms with Crippen LogP contribution in [-0.4, -0.2) is 43.7 Å². The van der Waals surface area contributed by atoms with Crippen molar-refractivity contribution >= 4 is 17.2 Å². The summed E-state index contributed by atoms with van der Waals surface area (Å²) < 4.78 is 34.9. The van der Waals surface area contributed by atoms with Gasteiger partial charge in [0, 0.05) is 19.0 Å². The molecule has 0 aromatic carbocycles. The van der Waals surface area contributed by atoms with Gasteiger partial charge in [0.15, 0.2) is 0 Å². The Morgan fingerprint density at radius 1 is 1.41 bits per heavy atom. The summed E-state index contributed by atoms with van der Waals surface area (Å²) in [5, 5.41) is 1.60. The topological polar surface area (TPSA) is 38.8 Å². The standard InChI is InChI=1S/C15H19F2NO3S/c16-15(17)21-12-4-7-22-13(12)14(19)18-5-6-20-9-11(8-18)10-2-1-3-10/h4,7,10-11,15H,1-3,5-6,8-9H2. The number of amides is 1. The first-order valence-corrected chi connectivity index (χ1v) is 8.42. The summed E-state index contributed by atoms with van der Waals surface area (Å²) in [6, 6.07) is 1.42.